The molecule has 0 bridgehead atoms. The highest BCUT2D eigenvalue weighted by Crippen LogP contribution is 2.39. The van der Waals surface area contributed by atoms with Gasteiger partial charge < -0.3 is 4.74 Å². The third-order valence-electron chi connectivity index (χ3n) is 5.38. The zero-order valence-corrected chi connectivity index (χ0v) is 14.4. The van der Waals surface area contributed by atoms with Gasteiger partial charge in [0.15, 0.2) is 5.78 Å². The lowest BCUT2D eigenvalue weighted by Crippen LogP contribution is -2.20. The van der Waals surface area contributed by atoms with Crippen molar-refractivity contribution in [1.82, 2.24) is 0 Å². The van der Waals surface area contributed by atoms with Crippen LogP contribution in [0.5, 0.6) is 0 Å². The fourth-order valence-electron chi connectivity index (χ4n) is 4.30. The molecule has 1 aromatic carbocycles. The largest absolute Gasteiger partial charge is 0.381 e. The first-order valence-corrected chi connectivity index (χ1v) is 8.75. The molecule has 1 saturated heterocycles. The number of hydrogen-bond acceptors (Lipinski definition) is 3. The van der Waals surface area contributed by atoms with Crippen molar-refractivity contribution in [2.75, 3.05) is 13.2 Å². The van der Waals surface area contributed by atoms with E-state index in [4.69, 9.17) is 4.74 Å². The van der Waals surface area contributed by atoms with E-state index in [2.05, 4.69) is 26.0 Å². The van der Waals surface area contributed by atoms with Crippen LogP contribution in [0.1, 0.15) is 54.4 Å². The van der Waals surface area contributed by atoms with Crippen molar-refractivity contribution in [3.8, 4) is 0 Å². The van der Waals surface area contributed by atoms with Gasteiger partial charge in [0.05, 0.1) is 0 Å². The number of hydrogen-bond donors (Lipinski definition) is 0. The number of aryl methyl sites for hydroxylation is 3. The van der Waals surface area contributed by atoms with E-state index in [9.17, 15) is 9.59 Å². The van der Waals surface area contributed by atoms with Crippen LogP contribution in [-0.2, 0) is 20.7 Å². The molecule has 1 saturated carbocycles. The summed E-state index contributed by atoms with van der Waals surface area (Å²) in [5, 5.41) is 0. The van der Waals surface area contributed by atoms with Crippen LogP contribution in [0.4, 0.5) is 0 Å². The zero-order valence-electron chi connectivity index (χ0n) is 14.4. The van der Waals surface area contributed by atoms with Gasteiger partial charge in [-0.3, -0.25) is 9.59 Å². The van der Waals surface area contributed by atoms with Crippen molar-refractivity contribution in [3.63, 3.8) is 0 Å². The maximum absolute atomic E-state index is 12.9. The van der Waals surface area contributed by atoms with Crippen molar-refractivity contribution >= 4 is 11.6 Å². The van der Waals surface area contributed by atoms with E-state index in [-0.39, 0.29) is 17.5 Å². The molecule has 124 valence electrons. The van der Waals surface area contributed by atoms with Crippen molar-refractivity contribution in [1.29, 1.82) is 0 Å². The minimum Gasteiger partial charge on any atom is -0.381 e. The lowest BCUT2D eigenvalue weighted by molar-refractivity contribution is -0.125. The molecular weight excluding hydrogens is 288 g/mol. The Morgan fingerprint density at radius 3 is 2.65 bits per heavy atom. The van der Waals surface area contributed by atoms with Crippen molar-refractivity contribution < 1.29 is 14.3 Å². The molecule has 3 heteroatoms. The number of benzene rings is 1. The van der Waals surface area contributed by atoms with Gasteiger partial charge in [-0.1, -0.05) is 24.6 Å². The molecule has 3 unspecified atom stereocenters. The summed E-state index contributed by atoms with van der Waals surface area (Å²) in [6, 6.07) is 4.22. The van der Waals surface area contributed by atoms with E-state index in [0.29, 0.717) is 12.3 Å². The molecule has 0 spiro atoms. The highest BCUT2D eigenvalue weighted by molar-refractivity contribution is 6.15. The van der Waals surface area contributed by atoms with Gasteiger partial charge in [0, 0.05) is 25.6 Å². The number of Topliss-reactive ketones (excluding diaryl/α,β-unsaturated/α-hetero) is 2. The SMILES string of the molecule is CCc1cc(C)cc(C)c1C1C(=O)CC(CC2CCOC2)C1=O. The maximum Gasteiger partial charge on any atom is 0.151 e. The first kappa shape index (κ1) is 16.4. The van der Waals surface area contributed by atoms with Crippen LogP contribution in [-0.4, -0.2) is 24.8 Å². The number of carbonyl (C=O) groups is 2. The van der Waals surface area contributed by atoms with Gasteiger partial charge in [-0.2, -0.15) is 0 Å². The topological polar surface area (TPSA) is 43.4 Å². The molecular formula is C20H26O3. The molecule has 0 aromatic heterocycles. The Bertz CT molecular complexity index is 626. The summed E-state index contributed by atoms with van der Waals surface area (Å²) < 4.78 is 5.41. The molecule has 2 aliphatic rings. The van der Waals surface area contributed by atoms with Gasteiger partial charge in [0.25, 0.3) is 0 Å². The summed E-state index contributed by atoms with van der Waals surface area (Å²) in [6.45, 7) is 7.72. The Hall–Kier alpha value is -1.48. The molecule has 2 fully saturated rings. The summed E-state index contributed by atoms with van der Waals surface area (Å²) in [7, 11) is 0. The van der Waals surface area contributed by atoms with Gasteiger partial charge in [-0.05, 0) is 55.7 Å². The Morgan fingerprint density at radius 2 is 2.00 bits per heavy atom. The molecule has 3 nitrogen and oxygen atoms in total. The van der Waals surface area contributed by atoms with E-state index in [1.54, 1.807) is 0 Å². The third-order valence-corrected chi connectivity index (χ3v) is 5.38. The Balaban J connectivity index is 1.88. The van der Waals surface area contributed by atoms with E-state index >= 15 is 0 Å². The molecule has 0 N–H and O–H groups in total. The predicted molar refractivity (Wildman–Crippen MR) is 89.7 cm³/mol. The molecule has 1 aliphatic carbocycles. The predicted octanol–water partition coefficient (Wildman–Crippen LogP) is 3.53. The first-order valence-electron chi connectivity index (χ1n) is 8.75. The van der Waals surface area contributed by atoms with Gasteiger partial charge in [-0.15, -0.1) is 0 Å². The van der Waals surface area contributed by atoms with Crippen LogP contribution in [0.15, 0.2) is 12.1 Å². The highest BCUT2D eigenvalue weighted by Gasteiger charge is 2.44. The van der Waals surface area contributed by atoms with Crippen LogP contribution >= 0.6 is 0 Å². The second-order valence-electron chi connectivity index (χ2n) is 7.18. The van der Waals surface area contributed by atoms with Crippen molar-refractivity contribution in [2.45, 2.75) is 52.4 Å². The second kappa shape index (κ2) is 6.56. The molecule has 0 amide bonds. The summed E-state index contributed by atoms with van der Waals surface area (Å²) in [6.07, 6.45) is 3.10. The Morgan fingerprint density at radius 1 is 1.22 bits per heavy atom. The smallest absolute Gasteiger partial charge is 0.151 e. The summed E-state index contributed by atoms with van der Waals surface area (Å²) >= 11 is 0. The Labute approximate surface area is 138 Å². The standard InChI is InChI=1S/C20H26O3/c1-4-15-8-12(2)7-13(3)18(15)19-17(21)10-16(20(19)22)9-14-5-6-23-11-14/h7-8,14,16,19H,4-6,9-11H2,1-3H3. The first-order chi connectivity index (χ1) is 11.0. The molecule has 1 heterocycles. The molecule has 23 heavy (non-hydrogen) atoms. The van der Waals surface area contributed by atoms with Gasteiger partial charge in [0.2, 0.25) is 0 Å². The van der Waals surface area contributed by atoms with Crippen LogP contribution in [0.2, 0.25) is 0 Å². The lowest BCUT2D eigenvalue weighted by Gasteiger charge is -2.18. The van der Waals surface area contributed by atoms with E-state index < -0.39 is 5.92 Å². The monoisotopic (exact) mass is 314 g/mol. The summed E-state index contributed by atoms with van der Waals surface area (Å²) in [5.74, 6) is 0.0619. The van der Waals surface area contributed by atoms with E-state index in [0.717, 1.165) is 49.2 Å². The van der Waals surface area contributed by atoms with Crippen molar-refractivity contribution in [2.24, 2.45) is 11.8 Å². The minimum atomic E-state index is -0.530. The molecule has 1 aliphatic heterocycles. The number of carbonyl (C=O) groups excluding carboxylic acids is 2. The fraction of sp³-hybridized carbons (Fsp3) is 0.600. The zero-order chi connectivity index (χ0) is 16.6. The molecule has 3 rings (SSSR count). The van der Waals surface area contributed by atoms with Crippen molar-refractivity contribution in [3.05, 3.63) is 34.4 Å². The maximum atomic E-state index is 12.9. The fourth-order valence-corrected chi connectivity index (χ4v) is 4.30. The normalized spacial score (nSPS) is 27.9. The average molecular weight is 314 g/mol. The Kier molecular flexibility index (Phi) is 4.67. The summed E-state index contributed by atoms with van der Waals surface area (Å²) in [5.41, 5.74) is 4.41. The number of ketones is 2. The van der Waals surface area contributed by atoms with Crippen LogP contribution in [0, 0.1) is 25.7 Å². The average Bonchev–Trinajstić information content (AvgIpc) is 3.09. The molecule has 0 radical (unpaired) electrons. The van der Waals surface area contributed by atoms with Gasteiger partial charge in [-0.25, -0.2) is 0 Å². The second-order valence-corrected chi connectivity index (χ2v) is 7.18. The molecule has 1 aromatic rings. The van der Waals surface area contributed by atoms with E-state index in [1.165, 1.54) is 5.56 Å². The van der Waals surface area contributed by atoms with Crippen LogP contribution < -0.4 is 0 Å². The third kappa shape index (κ3) is 3.12. The lowest BCUT2D eigenvalue weighted by atomic mass is 9.84. The van der Waals surface area contributed by atoms with Gasteiger partial charge >= 0.3 is 0 Å². The minimum absolute atomic E-state index is 0.107. The molecule has 3 atom stereocenters. The van der Waals surface area contributed by atoms with Gasteiger partial charge in [0.1, 0.15) is 11.7 Å². The number of ether oxygens (including phenoxy) is 1. The van der Waals surface area contributed by atoms with Crippen LogP contribution in [0.25, 0.3) is 0 Å². The van der Waals surface area contributed by atoms with E-state index in [1.807, 2.05) is 6.92 Å². The number of rotatable bonds is 4. The summed E-state index contributed by atoms with van der Waals surface area (Å²) in [4.78, 5) is 25.6. The highest BCUT2D eigenvalue weighted by atomic mass is 16.5. The quantitative estimate of drug-likeness (QED) is 0.799. The van der Waals surface area contributed by atoms with Crippen LogP contribution in [0.3, 0.4) is 0 Å².